The SMILES string of the molecule is Cc1cc(N(C)C)ccc1NC(=O)N1CCc2ccccc2C1CO. The van der Waals surface area contributed by atoms with E-state index < -0.39 is 0 Å². The van der Waals surface area contributed by atoms with Crippen LogP contribution in [0.15, 0.2) is 42.5 Å². The average molecular weight is 339 g/mol. The third-order valence-corrected chi connectivity index (χ3v) is 4.81. The van der Waals surface area contributed by atoms with E-state index in [0.29, 0.717) is 6.54 Å². The number of aliphatic hydroxyl groups is 1. The largest absolute Gasteiger partial charge is 0.394 e. The molecule has 0 radical (unpaired) electrons. The van der Waals surface area contributed by atoms with E-state index >= 15 is 0 Å². The number of anilines is 2. The predicted molar refractivity (Wildman–Crippen MR) is 101 cm³/mol. The number of fused-ring (bicyclic) bond motifs is 1. The van der Waals surface area contributed by atoms with Crippen LogP contribution in [0.5, 0.6) is 0 Å². The second-order valence-electron chi connectivity index (χ2n) is 6.66. The number of aryl methyl sites for hydroxylation is 1. The number of hydrogen-bond donors (Lipinski definition) is 2. The molecule has 2 aromatic carbocycles. The van der Waals surface area contributed by atoms with Gasteiger partial charge in [-0.25, -0.2) is 4.79 Å². The molecule has 132 valence electrons. The number of carbonyl (C=O) groups excluding carboxylic acids is 1. The molecule has 0 aromatic heterocycles. The first-order valence-electron chi connectivity index (χ1n) is 8.55. The second kappa shape index (κ2) is 7.15. The summed E-state index contributed by atoms with van der Waals surface area (Å²) in [6.07, 6.45) is 0.804. The summed E-state index contributed by atoms with van der Waals surface area (Å²) in [7, 11) is 3.98. The molecule has 1 unspecified atom stereocenters. The summed E-state index contributed by atoms with van der Waals surface area (Å²) >= 11 is 0. The minimum atomic E-state index is -0.300. The van der Waals surface area contributed by atoms with Gasteiger partial charge in [0.15, 0.2) is 0 Å². The number of urea groups is 1. The van der Waals surface area contributed by atoms with Gasteiger partial charge in [-0.3, -0.25) is 0 Å². The lowest BCUT2D eigenvalue weighted by molar-refractivity contribution is 0.135. The van der Waals surface area contributed by atoms with Crippen LogP contribution in [-0.4, -0.2) is 43.3 Å². The first kappa shape index (κ1) is 17.3. The summed E-state index contributed by atoms with van der Waals surface area (Å²) in [5, 5.41) is 12.8. The van der Waals surface area contributed by atoms with Crippen molar-refractivity contribution >= 4 is 17.4 Å². The maximum Gasteiger partial charge on any atom is 0.322 e. The van der Waals surface area contributed by atoms with Crippen molar-refractivity contribution < 1.29 is 9.90 Å². The van der Waals surface area contributed by atoms with E-state index in [0.717, 1.165) is 28.9 Å². The van der Waals surface area contributed by atoms with Crippen LogP contribution in [-0.2, 0) is 6.42 Å². The lowest BCUT2D eigenvalue weighted by Gasteiger charge is -2.36. The lowest BCUT2D eigenvalue weighted by Crippen LogP contribution is -2.43. The number of amides is 2. The highest BCUT2D eigenvalue weighted by Gasteiger charge is 2.30. The van der Waals surface area contributed by atoms with Gasteiger partial charge in [0, 0.05) is 32.0 Å². The van der Waals surface area contributed by atoms with Gasteiger partial charge in [0.1, 0.15) is 0 Å². The molecule has 25 heavy (non-hydrogen) atoms. The zero-order chi connectivity index (χ0) is 18.0. The summed E-state index contributed by atoms with van der Waals surface area (Å²) in [5.41, 5.74) is 5.14. The lowest BCUT2D eigenvalue weighted by atomic mass is 9.93. The highest BCUT2D eigenvalue weighted by molar-refractivity contribution is 5.91. The topological polar surface area (TPSA) is 55.8 Å². The summed E-state index contributed by atoms with van der Waals surface area (Å²) < 4.78 is 0. The van der Waals surface area contributed by atoms with E-state index in [1.165, 1.54) is 5.56 Å². The molecule has 5 heteroatoms. The van der Waals surface area contributed by atoms with Crippen LogP contribution in [0.4, 0.5) is 16.2 Å². The molecule has 1 aliphatic rings. The van der Waals surface area contributed by atoms with E-state index in [1.54, 1.807) is 4.90 Å². The smallest absolute Gasteiger partial charge is 0.322 e. The van der Waals surface area contributed by atoms with Crippen LogP contribution in [0.1, 0.15) is 22.7 Å². The van der Waals surface area contributed by atoms with Crippen molar-refractivity contribution in [3.63, 3.8) is 0 Å². The molecular formula is C20H25N3O2. The fourth-order valence-corrected chi connectivity index (χ4v) is 3.34. The highest BCUT2D eigenvalue weighted by atomic mass is 16.3. The van der Waals surface area contributed by atoms with Crippen molar-refractivity contribution in [1.82, 2.24) is 4.90 Å². The predicted octanol–water partition coefficient (Wildman–Crippen LogP) is 3.18. The van der Waals surface area contributed by atoms with Crippen molar-refractivity contribution in [2.45, 2.75) is 19.4 Å². The molecule has 0 aliphatic carbocycles. The normalized spacial score (nSPS) is 16.3. The Hall–Kier alpha value is -2.53. The molecular weight excluding hydrogens is 314 g/mol. The number of nitrogens with one attached hydrogen (secondary N) is 1. The molecule has 1 heterocycles. The van der Waals surface area contributed by atoms with Crippen molar-refractivity contribution in [1.29, 1.82) is 0 Å². The van der Waals surface area contributed by atoms with Crippen LogP contribution >= 0.6 is 0 Å². The quantitative estimate of drug-likeness (QED) is 0.903. The fraction of sp³-hybridized carbons (Fsp3) is 0.350. The van der Waals surface area contributed by atoms with E-state index in [1.807, 2.05) is 62.3 Å². The molecule has 2 amide bonds. The fourth-order valence-electron chi connectivity index (χ4n) is 3.34. The summed E-state index contributed by atoms with van der Waals surface area (Å²) in [4.78, 5) is 16.6. The van der Waals surface area contributed by atoms with Crippen LogP contribution in [0.25, 0.3) is 0 Å². The Morgan fingerprint density at radius 2 is 2.04 bits per heavy atom. The Bertz CT molecular complexity index is 773. The maximum atomic E-state index is 12.8. The molecule has 0 spiro atoms. The molecule has 2 N–H and O–H groups in total. The summed E-state index contributed by atoms with van der Waals surface area (Å²) in [5.74, 6) is 0. The molecule has 1 aliphatic heterocycles. The molecule has 2 aromatic rings. The molecule has 0 saturated heterocycles. The minimum absolute atomic E-state index is 0.0804. The van der Waals surface area contributed by atoms with Gasteiger partial charge in [-0.05, 0) is 48.2 Å². The Kier molecular flexibility index (Phi) is 4.95. The van der Waals surface area contributed by atoms with Gasteiger partial charge in [0.2, 0.25) is 0 Å². The van der Waals surface area contributed by atoms with Gasteiger partial charge in [-0.1, -0.05) is 24.3 Å². The van der Waals surface area contributed by atoms with Gasteiger partial charge in [-0.2, -0.15) is 0 Å². The Labute approximate surface area is 148 Å². The Morgan fingerprint density at radius 1 is 1.28 bits per heavy atom. The van der Waals surface area contributed by atoms with Crippen LogP contribution < -0.4 is 10.2 Å². The van der Waals surface area contributed by atoms with E-state index in [4.69, 9.17) is 0 Å². The number of hydrogen-bond acceptors (Lipinski definition) is 3. The number of aliphatic hydroxyl groups excluding tert-OH is 1. The van der Waals surface area contributed by atoms with Crippen LogP contribution in [0.3, 0.4) is 0 Å². The van der Waals surface area contributed by atoms with E-state index in [9.17, 15) is 9.90 Å². The van der Waals surface area contributed by atoms with Crippen molar-refractivity contribution in [2.24, 2.45) is 0 Å². The Balaban J connectivity index is 1.80. The van der Waals surface area contributed by atoms with Gasteiger partial charge in [-0.15, -0.1) is 0 Å². The van der Waals surface area contributed by atoms with Crippen LogP contribution in [0, 0.1) is 6.92 Å². The molecule has 0 bridgehead atoms. The van der Waals surface area contributed by atoms with Gasteiger partial charge in [0.05, 0.1) is 12.6 Å². The zero-order valence-corrected chi connectivity index (χ0v) is 15.0. The first-order chi connectivity index (χ1) is 12.0. The second-order valence-corrected chi connectivity index (χ2v) is 6.66. The number of benzene rings is 2. The summed E-state index contributed by atoms with van der Waals surface area (Å²) in [6.45, 7) is 2.50. The Morgan fingerprint density at radius 3 is 2.72 bits per heavy atom. The number of nitrogens with zero attached hydrogens (tertiary/aromatic N) is 2. The van der Waals surface area contributed by atoms with Gasteiger partial charge in [0.25, 0.3) is 0 Å². The number of carbonyl (C=O) groups is 1. The third-order valence-electron chi connectivity index (χ3n) is 4.81. The van der Waals surface area contributed by atoms with Crippen molar-refractivity contribution in [2.75, 3.05) is 37.5 Å². The third kappa shape index (κ3) is 3.46. The van der Waals surface area contributed by atoms with Gasteiger partial charge >= 0.3 is 6.03 Å². The number of rotatable bonds is 3. The van der Waals surface area contributed by atoms with E-state index in [-0.39, 0.29) is 18.7 Å². The molecule has 5 nitrogen and oxygen atoms in total. The van der Waals surface area contributed by atoms with E-state index in [2.05, 4.69) is 11.4 Å². The molecule has 0 saturated carbocycles. The molecule has 0 fully saturated rings. The van der Waals surface area contributed by atoms with Crippen molar-refractivity contribution in [3.05, 3.63) is 59.2 Å². The van der Waals surface area contributed by atoms with Crippen molar-refractivity contribution in [3.8, 4) is 0 Å². The monoisotopic (exact) mass is 339 g/mol. The van der Waals surface area contributed by atoms with Gasteiger partial charge < -0.3 is 20.2 Å². The maximum absolute atomic E-state index is 12.8. The average Bonchev–Trinajstić information content (AvgIpc) is 2.62. The molecule has 3 rings (SSSR count). The van der Waals surface area contributed by atoms with Crippen LogP contribution in [0.2, 0.25) is 0 Å². The summed E-state index contributed by atoms with van der Waals surface area (Å²) in [6, 6.07) is 13.5. The zero-order valence-electron chi connectivity index (χ0n) is 15.0. The minimum Gasteiger partial charge on any atom is -0.394 e. The molecule has 1 atom stereocenters. The standard InChI is InChI=1S/C20H25N3O2/c1-14-12-16(22(2)3)8-9-18(14)21-20(25)23-11-10-15-6-4-5-7-17(15)19(23)13-24/h4-9,12,19,24H,10-11,13H2,1-3H3,(H,21,25). The highest BCUT2D eigenvalue weighted by Crippen LogP contribution is 2.30. The first-order valence-corrected chi connectivity index (χ1v) is 8.55.